The Labute approximate surface area is 190 Å². The largest absolute Gasteiger partial charge is 0.481 e. The minimum absolute atomic E-state index is 0.0131. The fraction of sp³-hybridized carbons (Fsp3) is 0.391. The fourth-order valence-corrected chi connectivity index (χ4v) is 6.01. The van der Waals surface area contributed by atoms with Gasteiger partial charge in [0.1, 0.15) is 0 Å². The van der Waals surface area contributed by atoms with Crippen LogP contribution in [0.3, 0.4) is 0 Å². The number of hydrogen-bond donors (Lipinski definition) is 1. The van der Waals surface area contributed by atoms with Gasteiger partial charge in [0, 0.05) is 39.5 Å². The first kappa shape index (κ1) is 21.5. The third kappa shape index (κ3) is 4.20. The molecule has 1 N–H and O–H groups in total. The number of carbonyl (C=O) groups is 1. The van der Waals surface area contributed by atoms with Crippen molar-refractivity contribution in [2.24, 2.45) is 5.92 Å². The topological polar surface area (TPSA) is 55.1 Å². The van der Waals surface area contributed by atoms with E-state index < -0.39 is 5.97 Å². The summed E-state index contributed by atoms with van der Waals surface area (Å²) in [4.78, 5) is 18.2. The molecule has 2 aromatic heterocycles. The van der Waals surface area contributed by atoms with E-state index in [9.17, 15) is 9.90 Å². The first-order chi connectivity index (χ1) is 14.3. The van der Waals surface area contributed by atoms with Crippen molar-refractivity contribution >= 4 is 51.8 Å². The summed E-state index contributed by atoms with van der Waals surface area (Å²) in [6.07, 6.45) is 6.79. The van der Waals surface area contributed by atoms with Crippen LogP contribution >= 0.6 is 35.0 Å². The highest BCUT2D eigenvalue weighted by atomic mass is 35.5. The fourth-order valence-electron chi connectivity index (χ4n) is 4.38. The molecule has 7 heteroatoms. The molecule has 3 aromatic rings. The molecule has 0 fully saturated rings. The highest BCUT2D eigenvalue weighted by Crippen LogP contribution is 2.47. The molecule has 0 aliphatic carbocycles. The summed E-state index contributed by atoms with van der Waals surface area (Å²) in [5.41, 5.74) is 3.43. The standard InChI is InChI=1S/C23H24Cl2N2O2S/c1-13(2)8-15-11-26-12-19-21(15)23(30-16-5-6-17(24)18(25)10-16)22-14(9-20(28)29)4-3-7-27(19)22/h5-6,10-14H,3-4,7-9H2,1-2H3,(H,28,29). The van der Waals surface area contributed by atoms with Crippen LogP contribution in [0, 0.1) is 5.92 Å². The van der Waals surface area contributed by atoms with Gasteiger partial charge in [-0.15, -0.1) is 0 Å². The number of pyridine rings is 1. The molecule has 158 valence electrons. The maximum atomic E-state index is 11.6. The van der Waals surface area contributed by atoms with Crippen LogP contribution in [0.25, 0.3) is 10.9 Å². The average molecular weight is 463 g/mol. The predicted molar refractivity (Wildman–Crippen MR) is 123 cm³/mol. The molecule has 0 radical (unpaired) electrons. The zero-order valence-corrected chi connectivity index (χ0v) is 19.3. The van der Waals surface area contributed by atoms with E-state index in [0.29, 0.717) is 16.0 Å². The lowest BCUT2D eigenvalue weighted by atomic mass is 9.92. The van der Waals surface area contributed by atoms with Gasteiger partial charge in [-0.3, -0.25) is 9.78 Å². The highest BCUT2D eigenvalue weighted by Gasteiger charge is 2.30. The molecular formula is C23H24Cl2N2O2S. The van der Waals surface area contributed by atoms with E-state index in [-0.39, 0.29) is 12.3 Å². The number of carboxylic acid groups (broad SMARTS) is 1. The summed E-state index contributed by atoms with van der Waals surface area (Å²) >= 11 is 14.0. The van der Waals surface area contributed by atoms with Crippen molar-refractivity contribution in [1.29, 1.82) is 0 Å². The zero-order chi connectivity index (χ0) is 21.4. The normalized spacial score (nSPS) is 16.2. The highest BCUT2D eigenvalue weighted by molar-refractivity contribution is 7.99. The number of aromatic nitrogens is 2. The summed E-state index contributed by atoms with van der Waals surface area (Å²) in [6, 6.07) is 5.65. The number of aliphatic carboxylic acids is 1. The number of rotatable bonds is 6. The van der Waals surface area contributed by atoms with Gasteiger partial charge in [0.15, 0.2) is 0 Å². The molecule has 1 unspecified atom stereocenters. The van der Waals surface area contributed by atoms with Gasteiger partial charge in [-0.05, 0) is 48.9 Å². The molecule has 1 aliphatic heterocycles. The van der Waals surface area contributed by atoms with Crippen molar-refractivity contribution in [2.45, 2.75) is 61.8 Å². The summed E-state index contributed by atoms with van der Waals surface area (Å²) in [5, 5.41) is 11.8. The van der Waals surface area contributed by atoms with E-state index in [4.69, 9.17) is 23.2 Å². The Morgan fingerprint density at radius 2 is 2.10 bits per heavy atom. The van der Waals surface area contributed by atoms with Gasteiger partial charge in [-0.25, -0.2) is 0 Å². The average Bonchev–Trinajstić information content (AvgIpc) is 3.00. The van der Waals surface area contributed by atoms with Crippen molar-refractivity contribution < 1.29 is 9.90 Å². The maximum Gasteiger partial charge on any atom is 0.304 e. The van der Waals surface area contributed by atoms with Crippen LogP contribution in [-0.2, 0) is 17.8 Å². The molecule has 4 nitrogen and oxygen atoms in total. The number of nitrogens with zero attached hydrogens (tertiary/aromatic N) is 2. The molecule has 0 saturated heterocycles. The second-order valence-electron chi connectivity index (χ2n) is 8.27. The Bertz CT molecular complexity index is 1110. The van der Waals surface area contributed by atoms with E-state index in [0.717, 1.165) is 46.8 Å². The predicted octanol–water partition coefficient (Wildman–Crippen LogP) is 7.04. The van der Waals surface area contributed by atoms with Gasteiger partial charge < -0.3 is 9.67 Å². The Kier molecular flexibility index (Phi) is 6.33. The molecule has 1 aliphatic rings. The van der Waals surface area contributed by atoms with Crippen molar-refractivity contribution in [1.82, 2.24) is 9.55 Å². The van der Waals surface area contributed by atoms with E-state index in [1.807, 2.05) is 30.6 Å². The van der Waals surface area contributed by atoms with Crippen LogP contribution in [0.5, 0.6) is 0 Å². The van der Waals surface area contributed by atoms with Crippen LogP contribution in [0.1, 0.15) is 50.3 Å². The summed E-state index contributed by atoms with van der Waals surface area (Å²) in [6.45, 7) is 5.29. The number of aryl methyl sites for hydroxylation is 1. The molecule has 4 rings (SSSR count). The van der Waals surface area contributed by atoms with Gasteiger partial charge in [-0.2, -0.15) is 0 Å². The smallest absolute Gasteiger partial charge is 0.304 e. The van der Waals surface area contributed by atoms with Crippen molar-refractivity contribution in [2.75, 3.05) is 0 Å². The van der Waals surface area contributed by atoms with Gasteiger partial charge in [0.25, 0.3) is 0 Å². The molecule has 0 amide bonds. The first-order valence-corrected chi connectivity index (χ1v) is 11.8. The molecule has 1 aromatic carbocycles. The molecule has 30 heavy (non-hydrogen) atoms. The number of benzene rings is 1. The van der Waals surface area contributed by atoms with Gasteiger partial charge in [-0.1, -0.05) is 48.8 Å². The van der Waals surface area contributed by atoms with Crippen molar-refractivity contribution in [3.05, 3.63) is 51.9 Å². The van der Waals surface area contributed by atoms with Crippen LogP contribution in [0.2, 0.25) is 10.0 Å². The summed E-state index contributed by atoms with van der Waals surface area (Å²) < 4.78 is 2.29. The van der Waals surface area contributed by atoms with E-state index >= 15 is 0 Å². The van der Waals surface area contributed by atoms with Crippen LogP contribution in [-0.4, -0.2) is 20.6 Å². The van der Waals surface area contributed by atoms with Crippen molar-refractivity contribution in [3.63, 3.8) is 0 Å². The summed E-state index contributed by atoms with van der Waals surface area (Å²) in [5.74, 6) is -0.280. The minimum Gasteiger partial charge on any atom is -0.481 e. The van der Waals surface area contributed by atoms with Crippen LogP contribution in [0.15, 0.2) is 40.4 Å². The molecule has 0 saturated carbocycles. The Balaban J connectivity index is 1.94. The zero-order valence-electron chi connectivity index (χ0n) is 17.0. The van der Waals surface area contributed by atoms with Gasteiger partial charge in [0.05, 0.1) is 28.2 Å². The minimum atomic E-state index is -0.760. The summed E-state index contributed by atoms with van der Waals surface area (Å²) in [7, 11) is 0. The number of halogens is 2. The van der Waals surface area contributed by atoms with E-state index in [1.54, 1.807) is 11.8 Å². The van der Waals surface area contributed by atoms with E-state index in [1.165, 1.54) is 10.9 Å². The van der Waals surface area contributed by atoms with Crippen molar-refractivity contribution in [3.8, 4) is 0 Å². The third-order valence-corrected chi connectivity index (χ3v) is 7.37. The SMILES string of the molecule is CC(C)Cc1cncc2c1c(Sc1ccc(Cl)c(Cl)c1)c1n2CCCC1CC(=O)O. The maximum absolute atomic E-state index is 11.6. The Morgan fingerprint density at radius 3 is 2.80 bits per heavy atom. The molecular weight excluding hydrogens is 439 g/mol. The number of fused-ring (bicyclic) bond motifs is 3. The quantitative estimate of drug-likeness (QED) is 0.426. The monoisotopic (exact) mass is 462 g/mol. The van der Waals surface area contributed by atoms with Gasteiger partial charge in [0.2, 0.25) is 0 Å². The molecule has 0 spiro atoms. The van der Waals surface area contributed by atoms with Crippen LogP contribution in [0.4, 0.5) is 0 Å². The lowest BCUT2D eigenvalue weighted by Crippen LogP contribution is -2.18. The Hall–Kier alpha value is -1.69. The number of hydrogen-bond acceptors (Lipinski definition) is 3. The lowest BCUT2D eigenvalue weighted by molar-refractivity contribution is -0.137. The third-order valence-electron chi connectivity index (χ3n) is 5.53. The van der Waals surface area contributed by atoms with Crippen LogP contribution < -0.4 is 0 Å². The molecule has 3 heterocycles. The Morgan fingerprint density at radius 1 is 1.30 bits per heavy atom. The second kappa shape index (κ2) is 8.81. The molecule has 0 bridgehead atoms. The first-order valence-electron chi connectivity index (χ1n) is 10.2. The lowest BCUT2D eigenvalue weighted by Gasteiger charge is -2.25. The van der Waals surface area contributed by atoms with Gasteiger partial charge >= 0.3 is 5.97 Å². The molecule has 1 atom stereocenters. The van der Waals surface area contributed by atoms with E-state index in [2.05, 4.69) is 23.4 Å². The number of carboxylic acids is 1. The second-order valence-corrected chi connectivity index (χ2v) is 10.2.